The van der Waals surface area contributed by atoms with Gasteiger partial charge in [-0.25, -0.2) is 5.84 Å². The van der Waals surface area contributed by atoms with Gasteiger partial charge in [-0.15, -0.1) is 0 Å². The topological polar surface area (TPSA) is 109 Å². The minimum Gasteiger partial charge on any atom is -0.294 e. The highest BCUT2D eigenvalue weighted by atomic mass is 32.2. The van der Waals surface area contributed by atoms with Gasteiger partial charge in [0.1, 0.15) is 0 Å². The molecule has 0 aromatic heterocycles. The van der Waals surface area contributed by atoms with E-state index in [2.05, 4.69) is 24.5 Å². The lowest BCUT2D eigenvalue weighted by atomic mass is 9.95. The van der Waals surface area contributed by atoms with E-state index in [0.29, 0.717) is 0 Å². The molecule has 0 aliphatic carbocycles. The van der Waals surface area contributed by atoms with Crippen LogP contribution in [0.3, 0.4) is 0 Å². The molecule has 2 aromatic carbocycles. The van der Waals surface area contributed by atoms with Crippen LogP contribution in [-0.4, -0.2) is 18.9 Å². The summed E-state index contributed by atoms with van der Waals surface area (Å²) in [5, 5.41) is 0. The Hall–Kier alpha value is -2.22. The monoisotopic (exact) mass is 392 g/mol. The van der Waals surface area contributed by atoms with Gasteiger partial charge in [-0.3, -0.25) is 14.8 Å². The van der Waals surface area contributed by atoms with Crippen molar-refractivity contribution in [3.63, 3.8) is 0 Å². The van der Waals surface area contributed by atoms with E-state index in [0.717, 1.165) is 31.2 Å². The fourth-order valence-electron chi connectivity index (χ4n) is 2.57. The SMILES string of the molecule is CCCC(CCc1ccccc1)C(=O)NN.Cc1ccc(S(=O)(=O)O)cc1. The summed E-state index contributed by atoms with van der Waals surface area (Å²) in [6.07, 6.45) is 3.70. The highest BCUT2D eigenvalue weighted by Crippen LogP contribution is 2.15. The number of benzene rings is 2. The van der Waals surface area contributed by atoms with Gasteiger partial charge in [0.25, 0.3) is 10.1 Å². The third-order valence-electron chi connectivity index (χ3n) is 4.09. The molecular formula is C20H28N2O4S. The third kappa shape index (κ3) is 8.81. The summed E-state index contributed by atoms with van der Waals surface area (Å²) in [4.78, 5) is 11.4. The van der Waals surface area contributed by atoms with Crippen molar-refractivity contribution in [3.8, 4) is 0 Å². The van der Waals surface area contributed by atoms with Gasteiger partial charge in [-0.2, -0.15) is 8.42 Å². The quantitative estimate of drug-likeness (QED) is 0.290. The minimum atomic E-state index is -4.02. The van der Waals surface area contributed by atoms with Crippen LogP contribution in [0.15, 0.2) is 59.5 Å². The Labute approximate surface area is 161 Å². The number of carbonyl (C=O) groups is 1. The van der Waals surface area contributed by atoms with Crippen molar-refractivity contribution < 1.29 is 17.8 Å². The minimum absolute atomic E-state index is 0.0372. The normalized spacial score (nSPS) is 11.9. The van der Waals surface area contributed by atoms with Crippen LogP contribution in [0, 0.1) is 12.8 Å². The second-order valence-electron chi connectivity index (χ2n) is 6.31. The molecule has 27 heavy (non-hydrogen) atoms. The molecule has 7 heteroatoms. The molecular weight excluding hydrogens is 364 g/mol. The van der Waals surface area contributed by atoms with E-state index in [4.69, 9.17) is 10.4 Å². The molecule has 6 nitrogen and oxygen atoms in total. The number of rotatable bonds is 7. The van der Waals surface area contributed by atoms with Crippen molar-refractivity contribution in [1.82, 2.24) is 5.43 Å². The van der Waals surface area contributed by atoms with Crippen molar-refractivity contribution in [2.45, 2.75) is 44.4 Å². The molecule has 0 spiro atoms. The standard InChI is InChI=1S/C13H20N2O.C7H8O3S/c1-2-6-12(13(16)15-14)10-9-11-7-4-3-5-8-11;1-6-2-4-7(5-3-6)11(8,9)10/h3-5,7-8,12H,2,6,9-10,14H2,1H3,(H,15,16);2-5H,1H3,(H,8,9,10). The first-order valence-electron chi connectivity index (χ1n) is 8.86. The molecule has 0 fully saturated rings. The Balaban J connectivity index is 0.000000289. The molecule has 1 atom stereocenters. The maximum atomic E-state index is 11.5. The summed E-state index contributed by atoms with van der Waals surface area (Å²) in [7, 11) is -4.02. The fraction of sp³-hybridized carbons (Fsp3) is 0.350. The number of hydrazine groups is 1. The van der Waals surface area contributed by atoms with Crippen LogP contribution in [0.2, 0.25) is 0 Å². The van der Waals surface area contributed by atoms with E-state index in [1.54, 1.807) is 12.1 Å². The molecule has 148 valence electrons. The Morgan fingerprint density at radius 3 is 2.15 bits per heavy atom. The largest absolute Gasteiger partial charge is 0.294 e. The van der Waals surface area contributed by atoms with Crippen molar-refractivity contribution in [2.75, 3.05) is 0 Å². The summed E-state index contributed by atoms with van der Waals surface area (Å²) >= 11 is 0. The first kappa shape index (κ1) is 22.8. The van der Waals surface area contributed by atoms with E-state index in [9.17, 15) is 13.2 Å². The van der Waals surface area contributed by atoms with E-state index < -0.39 is 10.1 Å². The predicted octanol–water partition coefficient (Wildman–Crippen LogP) is 3.27. The van der Waals surface area contributed by atoms with Crippen LogP contribution >= 0.6 is 0 Å². The molecule has 0 aliphatic heterocycles. The predicted molar refractivity (Wildman–Crippen MR) is 106 cm³/mol. The average molecular weight is 393 g/mol. The van der Waals surface area contributed by atoms with Crippen LogP contribution in [0.1, 0.15) is 37.3 Å². The van der Waals surface area contributed by atoms with Crippen LogP contribution < -0.4 is 11.3 Å². The zero-order valence-corrected chi connectivity index (χ0v) is 16.6. The van der Waals surface area contributed by atoms with Gasteiger partial charge in [0.2, 0.25) is 5.91 Å². The van der Waals surface area contributed by atoms with Crippen molar-refractivity contribution in [2.24, 2.45) is 11.8 Å². The zero-order chi connectivity index (χ0) is 20.3. The van der Waals surface area contributed by atoms with Crippen molar-refractivity contribution >= 4 is 16.0 Å². The molecule has 0 bridgehead atoms. The lowest BCUT2D eigenvalue weighted by Crippen LogP contribution is -2.36. The zero-order valence-electron chi connectivity index (χ0n) is 15.8. The average Bonchev–Trinajstić information content (AvgIpc) is 2.65. The number of hydrogen-bond acceptors (Lipinski definition) is 4. The summed E-state index contributed by atoms with van der Waals surface area (Å²) in [5.41, 5.74) is 4.47. The molecule has 2 rings (SSSR count). The van der Waals surface area contributed by atoms with Crippen molar-refractivity contribution in [1.29, 1.82) is 0 Å². The van der Waals surface area contributed by atoms with Gasteiger partial charge in [0, 0.05) is 5.92 Å². The number of amides is 1. The highest BCUT2D eigenvalue weighted by molar-refractivity contribution is 7.85. The van der Waals surface area contributed by atoms with E-state index in [-0.39, 0.29) is 16.7 Å². The summed E-state index contributed by atoms with van der Waals surface area (Å²) in [5.74, 6) is 5.17. The van der Waals surface area contributed by atoms with Crippen LogP contribution in [-0.2, 0) is 21.3 Å². The molecule has 1 amide bonds. The maximum absolute atomic E-state index is 11.5. The van der Waals surface area contributed by atoms with Crippen molar-refractivity contribution in [3.05, 3.63) is 65.7 Å². The maximum Gasteiger partial charge on any atom is 0.294 e. The van der Waals surface area contributed by atoms with Gasteiger partial charge in [0.05, 0.1) is 4.90 Å². The number of carbonyl (C=O) groups excluding carboxylic acids is 1. The van der Waals surface area contributed by atoms with Gasteiger partial charge in [-0.05, 0) is 43.9 Å². The Morgan fingerprint density at radius 1 is 1.07 bits per heavy atom. The van der Waals surface area contributed by atoms with Crippen LogP contribution in [0.4, 0.5) is 0 Å². The molecule has 0 radical (unpaired) electrons. The van der Waals surface area contributed by atoms with E-state index >= 15 is 0 Å². The van der Waals surface area contributed by atoms with Gasteiger partial charge < -0.3 is 0 Å². The molecule has 0 saturated carbocycles. The lowest BCUT2D eigenvalue weighted by molar-refractivity contribution is -0.125. The molecule has 2 aromatic rings. The summed E-state index contributed by atoms with van der Waals surface area (Å²) in [6.45, 7) is 3.92. The number of nitrogens with two attached hydrogens (primary N) is 1. The fourth-order valence-corrected chi connectivity index (χ4v) is 3.05. The number of aryl methyl sites for hydroxylation is 2. The molecule has 0 aliphatic rings. The van der Waals surface area contributed by atoms with E-state index in [1.807, 2.05) is 25.1 Å². The third-order valence-corrected chi connectivity index (χ3v) is 4.96. The van der Waals surface area contributed by atoms with Gasteiger partial charge in [0.15, 0.2) is 0 Å². The Bertz CT molecular complexity index is 790. The van der Waals surface area contributed by atoms with E-state index in [1.165, 1.54) is 17.7 Å². The van der Waals surface area contributed by atoms with Gasteiger partial charge >= 0.3 is 0 Å². The molecule has 0 saturated heterocycles. The smallest absolute Gasteiger partial charge is 0.294 e. The first-order chi connectivity index (χ1) is 12.8. The highest BCUT2D eigenvalue weighted by Gasteiger charge is 2.15. The van der Waals surface area contributed by atoms with Crippen LogP contribution in [0.5, 0.6) is 0 Å². The first-order valence-corrected chi connectivity index (χ1v) is 10.3. The summed E-state index contributed by atoms with van der Waals surface area (Å²) in [6, 6.07) is 16.2. The Morgan fingerprint density at radius 2 is 1.67 bits per heavy atom. The summed E-state index contributed by atoms with van der Waals surface area (Å²) < 4.78 is 29.6. The number of hydrogen-bond donors (Lipinski definition) is 3. The molecule has 0 heterocycles. The second-order valence-corrected chi connectivity index (χ2v) is 7.73. The molecule has 4 N–H and O–H groups in total. The second kappa shape index (κ2) is 11.5. The number of nitrogens with one attached hydrogen (secondary N) is 1. The van der Waals surface area contributed by atoms with Crippen LogP contribution in [0.25, 0.3) is 0 Å². The molecule has 1 unspecified atom stereocenters. The Kier molecular flexibility index (Phi) is 9.71. The van der Waals surface area contributed by atoms with Gasteiger partial charge in [-0.1, -0.05) is 61.4 Å². The lowest BCUT2D eigenvalue weighted by Gasteiger charge is -2.13.